The lowest BCUT2D eigenvalue weighted by molar-refractivity contribution is -0.383. The van der Waals surface area contributed by atoms with E-state index in [2.05, 4.69) is 15.2 Å². The molecule has 1 aliphatic heterocycles. The van der Waals surface area contributed by atoms with Gasteiger partial charge in [-0.1, -0.05) is 0 Å². The van der Waals surface area contributed by atoms with Gasteiger partial charge >= 0.3 is 0 Å². The van der Waals surface area contributed by atoms with Gasteiger partial charge in [0.1, 0.15) is 5.52 Å². The van der Waals surface area contributed by atoms with Crippen LogP contribution in [0.3, 0.4) is 0 Å². The summed E-state index contributed by atoms with van der Waals surface area (Å²) in [5.74, 6) is 0.102. The van der Waals surface area contributed by atoms with Crippen LogP contribution in [0.2, 0.25) is 0 Å². The van der Waals surface area contributed by atoms with E-state index in [1.165, 1.54) is 10.6 Å². The third-order valence-corrected chi connectivity index (χ3v) is 4.24. The van der Waals surface area contributed by atoms with Gasteiger partial charge in [0.05, 0.1) is 22.5 Å². The fourth-order valence-corrected chi connectivity index (χ4v) is 3.10. The highest BCUT2D eigenvalue weighted by Crippen LogP contribution is 2.33. The van der Waals surface area contributed by atoms with Crippen molar-refractivity contribution in [1.82, 2.24) is 19.7 Å². The fraction of sp³-hybridized carbons (Fsp3) is 0.267. The minimum absolute atomic E-state index is 0.0213. The lowest BCUT2D eigenvalue weighted by Gasteiger charge is -2.30. The zero-order chi connectivity index (χ0) is 17.6. The number of halogens is 2. The Morgan fingerprint density at radius 1 is 1.20 bits per heavy atom. The van der Waals surface area contributed by atoms with Crippen molar-refractivity contribution in [2.45, 2.75) is 19.5 Å². The average Bonchev–Trinajstić information content (AvgIpc) is 3.04. The van der Waals surface area contributed by atoms with Crippen LogP contribution in [0.5, 0.6) is 0 Å². The monoisotopic (exact) mass is 346 g/mol. The second-order valence-electron chi connectivity index (χ2n) is 5.61. The minimum Gasteiger partial charge on any atom is -0.360 e. The maximum absolute atomic E-state index is 12.9. The molecule has 10 heteroatoms. The first kappa shape index (κ1) is 15.4. The summed E-state index contributed by atoms with van der Waals surface area (Å²) in [6.45, 7) is 1.05. The highest BCUT2D eigenvalue weighted by Gasteiger charge is 2.27. The van der Waals surface area contributed by atoms with Gasteiger partial charge in [0.15, 0.2) is 11.6 Å². The number of fused-ring (bicyclic) bond motifs is 2. The number of nitrogens with zero attached hydrogens (tertiary/aromatic N) is 6. The van der Waals surface area contributed by atoms with Gasteiger partial charge < -0.3 is 9.47 Å². The Kier molecular flexibility index (Phi) is 3.52. The molecule has 0 amide bonds. The van der Waals surface area contributed by atoms with Crippen LogP contribution in [0.15, 0.2) is 30.5 Å². The number of hydrogen-bond acceptors (Lipinski definition) is 6. The number of nitro groups is 1. The molecule has 3 heterocycles. The van der Waals surface area contributed by atoms with Crippen molar-refractivity contribution in [3.8, 4) is 0 Å². The Balaban J connectivity index is 1.76. The Morgan fingerprint density at radius 3 is 2.80 bits per heavy atom. The minimum atomic E-state index is -2.67. The maximum Gasteiger partial charge on any atom is 0.297 e. The summed E-state index contributed by atoms with van der Waals surface area (Å²) in [6.07, 6.45) is -1.11. The highest BCUT2D eigenvalue weighted by molar-refractivity contribution is 5.97. The molecule has 0 unspecified atom stereocenters. The Morgan fingerprint density at radius 2 is 2.04 bits per heavy atom. The lowest BCUT2D eigenvalue weighted by Crippen LogP contribution is -2.34. The molecule has 2 aromatic heterocycles. The second-order valence-corrected chi connectivity index (χ2v) is 5.61. The number of alkyl halides is 2. The summed E-state index contributed by atoms with van der Waals surface area (Å²) in [5.41, 5.74) is 1.18. The van der Waals surface area contributed by atoms with E-state index in [1.54, 1.807) is 24.4 Å². The highest BCUT2D eigenvalue weighted by atomic mass is 19.3. The molecule has 0 saturated heterocycles. The first-order valence-corrected chi connectivity index (χ1v) is 7.53. The normalized spacial score (nSPS) is 14.1. The number of aromatic nitrogens is 4. The van der Waals surface area contributed by atoms with Gasteiger partial charge in [0.25, 0.3) is 12.1 Å². The molecule has 0 saturated carbocycles. The summed E-state index contributed by atoms with van der Waals surface area (Å²) in [4.78, 5) is 17.0. The van der Waals surface area contributed by atoms with Crippen molar-refractivity contribution in [3.05, 3.63) is 52.2 Å². The van der Waals surface area contributed by atoms with Gasteiger partial charge in [0, 0.05) is 25.4 Å². The molecule has 128 valence electrons. The van der Waals surface area contributed by atoms with Crippen LogP contribution in [0.25, 0.3) is 10.9 Å². The molecule has 8 nitrogen and oxygen atoms in total. The molecule has 0 atom stereocenters. The maximum atomic E-state index is 12.9. The molecule has 0 spiro atoms. The number of pyridine rings is 1. The van der Waals surface area contributed by atoms with Gasteiger partial charge in [-0.3, -0.25) is 15.1 Å². The van der Waals surface area contributed by atoms with E-state index in [0.29, 0.717) is 35.5 Å². The van der Waals surface area contributed by atoms with Crippen LogP contribution in [-0.4, -0.2) is 31.2 Å². The van der Waals surface area contributed by atoms with Crippen molar-refractivity contribution < 1.29 is 13.7 Å². The summed E-state index contributed by atoms with van der Waals surface area (Å²) in [6, 6.07) is 6.35. The van der Waals surface area contributed by atoms with Gasteiger partial charge in [-0.25, -0.2) is 8.78 Å². The van der Waals surface area contributed by atoms with Crippen LogP contribution in [-0.2, 0) is 13.1 Å². The van der Waals surface area contributed by atoms with E-state index >= 15 is 0 Å². The Labute approximate surface area is 139 Å². The largest absolute Gasteiger partial charge is 0.360 e. The average molecular weight is 346 g/mol. The third-order valence-electron chi connectivity index (χ3n) is 4.24. The van der Waals surface area contributed by atoms with E-state index in [9.17, 15) is 18.9 Å². The van der Waals surface area contributed by atoms with Gasteiger partial charge in [-0.2, -0.15) is 0 Å². The lowest BCUT2D eigenvalue weighted by atomic mass is 10.1. The number of hydrogen-bond donors (Lipinski definition) is 0. The summed E-state index contributed by atoms with van der Waals surface area (Å²) in [5, 5.41) is 19.0. The zero-order valence-electron chi connectivity index (χ0n) is 12.8. The summed E-state index contributed by atoms with van der Waals surface area (Å²) >= 11 is 0. The van der Waals surface area contributed by atoms with Crippen LogP contribution >= 0.6 is 0 Å². The Bertz CT molecular complexity index is 974. The molecule has 0 radical (unpaired) electrons. The molecule has 0 N–H and O–H groups in total. The third kappa shape index (κ3) is 2.46. The van der Waals surface area contributed by atoms with Crippen molar-refractivity contribution in [3.63, 3.8) is 0 Å². The summed E-state index contributed by atoms with van der Waals surface area (Å²) < 4.78 is 27.3. The zero-order valence-corrected chi connectivity index (χ0v) is 12.8. The number of non-ortho nitro benzene ring substituents is 1. The van der Waals surface area contributed by atoms with E-state index < -0.39 is 11.3 Å². The van der Waals surface area contributed by atoms with E-state index in [4.69, 9.17) is 0 Å². The van der Waals surface area contributed by atoms with Gasteiger partial charge in [-0.15, -0.1) is 10.2 Å². The van der Waals surface area contributed by atoms with E-state index in [-0.39, 0.29) is 18.1 Å². The van der Waals surface area contributed by atoms with Crippen LogP contribution in [0.1, 0.15) is 18.1 Å². The van der Waals surface area contributed by atoms with Crippen molar-refractivity contribution in [1.29, 1.82) is 0 Å². The first-order chi connectivity index (χ1) is 12.1. The molecular weight excluding hydrogens is 334 g/mol. The number of benzene rings is 1. The van der Waals surface area contributed by atoms with Crippen LogP contribution in [0.4, 0.5) is 20.2 Å². The number of rotatable bonds is 3. The Hall–Kier alpha value is -3.17. The van der Waals surface area contributed by atoms with Crippen molar-refractivity contribution >= 4 is 22.3 Å². The van der Waals surface area contributed by atoms with Gasteiger partial charge in [0.2, 0.25) is 0 Å². The molecule has 0 bridgehead atoms. The quantitative estimate of drug-likeness (QED) is 0.535. The summed E-state index contributed by atoms with van der Waals surface area (Å²) in [7, 11) is 0. The molecular formula is C15H12F2N6O2. The second kappa shape index (κ2) is 5.72. The smallest absolute Gasteiger partial charge is 0.297 e. The van der Waals surface area contributed by atoms with Crippen molar-refractivity contribution in [2.75, 3.05) is 11.4 Å². The van der Waals surface area contributed by atoms with E-state index in [0.717, 1.165) is 0 Å². The van der Waals surface area contributed by atoms with Crippen LogP contribution in [0, 0.1) is 10.1 Å². The van der Waals surface area contributed by atoms with Crippen LogP contribution < -0.4 is 4.90 Å². The predicted octanol–water partition coefficient (Wildman–Crippen LogP) is 2.69. The molecule has 1 aliphatic rings. The van der Waals surface area contributed by atoms with Gasteiger partial charge in [-0.05, 0) is 18.2 Å². The predicted molar refractivity (Wildman–Crippen MR) is 84.4 cm³/mol. The topological polar surface area (TPSA) is 90.0 Å². The molecule has 0 aliphatic carbocycles. The molecule has 1 aromatic carbocycles. The standard InChI is InChI=1S/C15H12F2N6O2/c16-14(17)15-20-19-12-8-21(6-7-22(12)15)11-4-3-10(23(24)25)9-2-1-5-18-13(9)11/h1-5,14H,6-8H2. The molecule has 3 aromatic rings. The molecule has 25 heavy (non-hydrogen) atoms. The fourth-order valence-electron chi connectivity index (χ4n) is 3.10. The first-order valence-electron chi connectivity index (χ1n) is 7.53. The molecule has 4 rings (SSSR count). The van der Waals surface area contributed by atoms with E-state index in [1.807, 2.05) is 4.90 Å². The number of nitro benzene ring substituents is 1. The SMILES string of the molecule is O=[N+]([O-])c1ccc(N2CCn3c(nnc3C(F)F)C2)c2ncccc12. The van der Waals surface area contributed by atoms with Crippen molar-refractivity contribution in [2.24, 2.45) is 0 Å². The number of anilines is 1. The molecule has 0 fully saturated rings.